The summed E-state index contributed by atoms with van der Waals surface area (Å²) in [7, 11) is 0. The lowest BCUT2D eigenvalue weighted by atomic mass is 9.86. The second-order valence-electron chi connectivity index (χ2n) is 5.25. The van der Waals surface area contributed by atoms with Crippen LogP contribution in [0.2, 0.25) is 0 Å². The van der Waals surface area contributed by atoms with Crippen molar-refractivity contribution in [2.45, 2.75) is 64.7 Å². The lowest BCUT2D eigenvalue weighted by Crippen LogP contribution is -2.53. The van der Waals surface area contributed by atoms with Gasteiger partial charge in [-0.2, -0.15) is 0 Å². The van der Waals surface area contributed by atoms with E-state index in [0.717, 1.165) is 25.2 Å². The molecule has 3 heteroatoms. The summed E-state index contributed by atoms with van der Waals surface area (Å²) >= 11 is 0. The van der Waals surface area contributed by atoms with Gasteiger partial charge in [0.15, 0.2) is 0 Å². The third-order valence-corrected chi connectivity index (χ3v) is 2.82. The van der Waals surface area contributed by atoms with Crippen molar-refractivity contribution < 1.29 is 0 Å². The zero-order chi connectivity index (χ0) is 11.3. The molecule has 0 heterocycles. The van der Waals surface area contributed by atoms with Crippen LogP contribution in [0.4, 0.5) is 0 Å². The molecular weight excluding hydrogens is 186 g/mol. The Bertz CT molecular complexity index is 162. The lowest BCUT2D eigenvalue weighted by molar-refractivity contribution is 0.237. The van der Waals surface area contributed by atoms with Gasteiger partial charge in [0.1, 0.15) is 0 Å². The molecule has 0 atom stereocenters. The maximum atomic E-state index is 3.58. The summed E-state index contributed by atoms with van der Waals surface area (Å²) in [6.07, 6.45) is 2.58. The fourth-order valence-corrected chi connectivity index (χ4v) is 2.03. The zero-order valence-corrected chi connectivity index (χ0v) is 10.6. The minimum absolute atomic E-state index is 0.601. The molecular formula is C12H27N3. The predicted molar refractivity (Wildman–Crippen MR) is 66.2 cm³/mol. The Morgan fingerprint density at radius 3 is 2.13 bits per heavy atom. The molecule has 15 heavy (non-hydrogen) atoms. The first-order chi connectivity index (χ1) is 7.08. The number of hydrogen-bond donors (Lipinski definition) is 3. The Morgan fingerprint density at radius 2 is 1.60 bits per heavy atom. The van der Waals surface area contributed by atoms with E-state index in [1.807, 2.05) is 0 Å². The maximum absolute atomic E-state index is 3.58. The molecule has 1 aliphatic rings. The highest BCUT2D eigenvalue weighted by molar-refractivity contribution is 4.90. The van der Waals surface area contributed by atoms with E-state index in [0.29, 0.717) is 12.1 Å². The molecule has 3 nitrogen and oxygen atoms in total. The third-order valence-electron chi connectivity index (χ3n) is 2.82. The average molecular weight is 213 g/mol. The van der Waals surface area contributed by atoms with Crippen molar-refractivity contribution >= 4 is 0 Å². The molecule has 90 valence electrons. The molecule has 3 N–H and O–H groups in total. The Hall–Kier alpha value is -0.120. The second-order valence-corrected chi connectivity index (χ2v) is 5.25. The summed E-state index contributed by atoms with van der Waals surface area (Å²) in [4.78, 5) is 0. The van der Waals surface area contributed by atoms with Crippen molar-refractivity contribution in [3.63, 3.8) is 0 Å². The molecule has 0 radical (unpaired) electrons. The van der Waals surface area contributed by atoms with Gasteiger partial charge >= 0.3 is 0 Å². The van der Waals surface area contributed by atoms with Crippen LogP contribution >= 0.6 is 0 Å². The van der Waals surface area contributed by atoms with E-state index < -0.39 is 0 Å². The molecule has 1 rings (SSSR count). The first kappa shape index (κ1) is 12.9. The molecule has 0 aromatic heterocycles. The van der Waals surface area contributed by atoms with Gasteiger partial charge in [0.2, 0.25) is 0 Å². The van der Waals surface area contributed by atoms with Crippen molar-refractivity contribution in [1.82, 2.24) is 16.0 Å². The molecule has 1 saturated carbocycles. The van der Waals surface area contributed by atoms with Crippen molar-refractivity contribution in [2.24, 2.45) is 0 Å². The highest BCUT2D eigenvalue weighted by atomic mass is 15.0. The number of hydrogen-bond acceptors (Lipinski definition) is 3. The van der Waals surface area contributed by atoms with E-state index in [9.17, 15) is 0 Å². The van der Waals surface area contributed by atoms with Crippen molar-refractivity contribution in [1.29, 1.82) is 0 Å². The van der Waals surface area contributed by atoms with Gasteiger partial charge in [0.05, 0.1) is 0 Å². The van der Waals surface area contributed by atoms with Gasteiger partial charge in [-0.3, -0.25) is 0 Å². The fraction of sp³-hybridized carbons (Fsp3) is 1.00. The van der Waals surface area contributed by atoms with Crippen LogP contribution in [0.1, 0.15) is 40.5 Å². The van der Waals surface area contributed by atoms with Gasteiger partial charge in [0, 0.05) is 37.3 Å². The predicted octanol–water partition coefficient (Wildman–Crippen LogP) is 1.10. The molecule has 0 aromatic carbocycles. The summed E-state index contributed by atoms with van der Waals surface area (Å²) in [6, 6.07) is 2.72. The SMILES string of the molecule is CC(C)NCCNC1CC(NC(C)C)C1. The first-order valence-corrected chi connectivity index (χ1v) is 6.30. The van der Waals surface area contributed by atoms with Gasteiger partial charge < -0.3 is 16.0 Å². The Balaban J connectivity index is 1.90. The smallest absolute Gasteiger partial charge is 0.00990 e. The quantitative estimate of drug-likeness (QED) is 0.554. The molecule has 1 aliphatic carbocycles. The average Bonchev–Trinajstić information content (AvgIpc) is 2.06. The topological polar surface area (TPSA) is 36.1 Å². The number of nitrogens with one attached hydrogen (secondary N) is 3. The van der Waals surface area contributed by atoms with E-state index in [1.54, 1.807) is 0 Å². The standard InChI is InChI=1S/C12H27N3/c1-9(2)13-5-6-14-11-7-12(8-11)15-10(3)4/h9-15H,5-8H2,1-4H3. The molecule has 0 saturated heterocycles. The van der Waals surface area contributed by atoms with E-state index in [-0.39, 0.29) is 0 Å². The Morgan fingerprint density at radius 1 is 0.933 bits per heavy atom. The van der Waals surface area contributed by atoms with Crippen LogP contribution in [0, 0.1) is 0 Å². The van der Waals surface area contributed by atoms with Gasteiger partial charge in [-0.1, -0.05) is 27.7 Å². The van der Waals surface area contributed by atoms with Gasteiger partial charge in [-0.05, 0) is 12.8 Å². The minimum atomic E-state index is 0.601. The second kappa shape index (κ2) is 6.46. The summed E-state index contributed by atoms with van der Waals surface area (Å²) < 4.78 is 0. The summed E-state index contributed by atoms with van der Waals surface area (Å²) in [5, 5.41) is 10.6. The van der Waals surface area contributed by atoms with E-state index in [4.69, 9.17) is 0 Å². The van der Waals surface area contributed by atoms with Crippen LogP contribution in [0.3, 0.4) is 0 Å². The van der Waals surface area contributed by atoms with Crippen LogP contribution in [0.25, 0.3) is 0 Å². The minimum Gasteiger partial charge on any atom is -0.313 e. The van der Waals surface area contributed by atoms with Crippen LogP contribution in [-0.2, 0) is 0 Å². The molecule has 0 aliphatic heterocycles. The first-order valence-electron chi connectivity index (χ1n) is 6.30. The third kappa shape index (κ3) is 5.50. The molecule has 0 aromatic rings. The van der Waals surface area contributed by atoms with Gasteiger partial charge in [-0.15, -0.1) is 0 Å². The van der Waals surface area contributed by atoms with E-state index >= 15 is 0 Å². The van der Waals surface area contributed by atoms with Crippen molar-refractivity contribution in [3.8, 4) is 0 Å². The monoisotopic (exact) mass is 213 g/mol. The Kier molecular flexibility index (Phi) is 5.58. The highest BCUT2D eigenvalue weighted by Crippen LogP contribution is 2.19. The molecule has 0 spiro atoms. The highest BCUT2D eigenvalue weighted by Gasteiger charge is 2.28. The van der Waals surface area contributed by atoms with Gasteiger partial charge in [-0.25, -0.2) is 0 Å². The number of rotatable bonds is 7. The van der Waals surface area contributed by atoms with E-state index in [1.165, 1.54) is 12.8 Å². The molecule has 0 amide bonds. The summed E-state index contributed by atoms with van der Waals surface area (Å²) in [6.45, 7) is 11.0. The van der Waals surface area contributed by atoms with Crippen LogP contribution in [-0.4, -0.2) is 37.3 Å². The maximum Gasteiger partial charge on any atom is 0.00990 e. The molecule has 1 fully saturated rings. The van der Waals surface area contributed by atoms with Crippen molar-refractivity contribution in [3.05, 3.63) is 0 Å². The summed E-state index contributed by atoms with van der Waals surface area (Å²) in [5.41, 5.74) is 0. The normalized spacial score (nSPS) is 26.0. The molecule has 0 unspecified atom stereocenters. The largest absolute Gasteiger partial charge is 0.313 e. The Labute approximate surface area is 94.4 Å². The lowest BCUT2D eigenvalue weighted by Gasteiger charge is -2.38. The van der Waals surface area contributed by atoms with Gasteiger partial charge in [0.25, 0.3) is 0 Å². The zero-order valence-electron chi connectivity index (χ0n) is 10.6. The van der Waals surface area contributed by atoms with Crippen LogP contribution < -0.4 is 16.0 Å². The van der Waals surface area contributed by atoms with Crippen LogP contribution in [0.15, 0.2) is 0 Å². The van der Waals surface area contributed by atoms with Crippen molar-refractivity contribution in [2.75, 3.05) is 13.1 Å². The van der Waals surface area contributed by atoms with E-state index in [2.05, 4.69) is 43.6 Å². The molecule has 0 bridgehead atoms. The fourth-order valence-electron chi connectivity index (χ4n) is 2.03. The summed E-state index contributed by atoms with van der Waals surface area (Å²) in [5.74, 6) is 0. The van der Waals surface area contributed by atoms with Crippen LogP contribution in [0.5, 0.6) is 0 Å².